The maximum absolute atomic E-state index is 12.7. The third-order valence-electron chi connectivity index (χ3n) is 4.93. The maximum Gasteiger partial charge on any atom is 0.261 e. The van der Waals surface area contributed by atoms with E-state index < -0.39 is 10.0 Å². The lowest BCUT2D eigenvalue weighted by molar-refractivity contribution is 0.102. The summed E-state index contributed by atoms with van der Waals surface area (Å²) in [6.07, 6.45) is 0. The molecule has 0 aliphatic heterocycles. The van der Waals surface area contributed by atoms with Crippen LogP contribution in [0.15, 0.2) is 65.6 Å². The van der Waals surface area contributed by atoms with E-state index >= 15 is 0 Å². The van der Waals surface area contributed by atoms with Gasteiger partial charge >= 0.3 is 0 Å². The highest BCUT2D eigenvalue weighted by Gasteiger charge is 2.17. The number of amides is 1. The van der Waals surface area contributed by atoms with Gasteiger partial charge in [-0.3, -0.25) is 9.52 Å². The Morgan fingerprint density at radius 3 is 2.17 bits per heavy atom. The van der Waals surface area contributed by atoms with Crippen molar-refractivity contribution >= 4 is 27.3 Å². The highest BCUT2D eigenvalue weighted by molar-refractivity contribution is 7.92. The van der Waals surface area contributed by atoms with Crippen LogP contribution < -0.4 is 10.0 Å². The lowest BCUT2D eigenvalue weighted by Gasteiger charge is -2.14. The largest absolute Gasteiger partial charge is 0.322 e. The number of aryl methyl sites for hydroxylation is 3. The number of hydrogen-bond donors (Lipinski definition) is 2. The fraction of sp³-hybridized carbons (Fsp3) is 0.174. The Hall–Kier alpha value is -3.12. The SMILES string of the molecule is Cc1ccc(S(=O)(=O)Nc2cc(C(=O)Nc3cccc(C)c3C)ccc2C)cc1. The van der Waals surface area contributed by atoms with Gasteiger partial charge in [-0.15, -0.1) is 0 Å². The van der Waals surface area contributed by atoms with Crippen molar-refractivity contribution in [2.24, 2.45) is 0 Å². The zero-order valence-corrected chi connectivity index (χ0v) is 17.7. The monoisotopic (exact) mass is 408 g/mol. The zero-order chi connectivity index (χ0) is 21.2. The van der Waals surface area contributed by atoms with E-state index in [0.29, 0.717) is 11.3 Å². The molecule has 6 heteroatoms. The third-order valence-corrected chi connectivity index (χ3v) is 6.31. The molecular weight excluding hydrogens is 384 g/mol. The van der Waals surface area contributed by atoms with Gasteiger partial charge in [0.15, 0.2) is 0 Å². The van der Waals surface area contributed by atoms with Crippen molar-refractivity contribution in [3.8, 4) is 0 Å². The molecule has 0 saturated heterocycles. The molecule has 29 heavy (non-hydrogen) atoms. The summed E-state index contributed by atoms with van der Waals surface area (Å²) in [5.74, 6) is -0.297. The summed E-state index contributed by atoms with van der Waals surface area (Å²) >= 11 is 0. The molecule has 0 unspecified atom stereocenters. The number of carbonyl (C=O) groups is 1. The van der Waals surface area contributed by atoms with Crippen LogP contribution in [-0.4, -0.2) is 14.3 Å². The highest BCUT2D eigenvalue weighted by Crippen LogP contribution is 2.23. The van der Waals surface area contributed by atoms with E-state index in [2.05, 4.69) is 10.0 Å². The van der Waals surface area contributed by atoms with Crippen LogP contribution >= 0.6 is 0 Å². The highest BCUT2D eigenvalue weighted by atomic mass is 32.2. The van der Waals surface area contributed by atoms with Gasteiger partial charge in [-0.05, 0) is 74.7 Å². The summed E-state index contributed by atoms with van der Waals surface area (Å²) in [6, 6.07) is 17.3. The standard InChI is InChI=1S/C23H24N2O3S/c1-15-8-12-20(13-9-15)29(27,28)25-22-14-19(11-10-17(22)3)23(26)24-21-7-5-6-16(2)18(21)4/h5-14,25H,1-4H3,(H,24,26). The molecule has 3 rings (SSSR count). The van der Waals surface area contributed by atoms with Crippen molar-refractivity contribution in [1.82, 2.24) is 0 Å². The molecule has 3 aromatic carbocycles. The van der Waals surface area contributed by atoms with E-state index in [4.69, 9.17) is 0 Å². The summed E-state index contributed by atoms with van der Waals surface area (Å²) in [5.41, 5.74) is 5.26. The number of benzene rings is 3. The number of carbonyl (C=O) groups excluding carboxylic acids is 1. The average molecular weight is 409 g/mol. The second kappa shape index (κ2) is 8.09. The first kappa shape index (κ1) is 20.6. The lowest BCUT2D eigenvalue weighted by atomic mass is 10.1. The Kier molecular flexibility index (Phi) is 5.75. The molecule has 1 amide bonds. The van der Waals surface area contributed by atoms with Crippen molar-refractivity contribution in [3.05, 3.63) is 88.5 Å². The van der Waals surface area contributed by atoms with Crippen LogP contribution in [0.4, 0.5) is 11.4 Å². The van der Waals surface area contributed by atoms with Gasteiger partial charge in [-0.2, -0.15) is 0 Å². The topological polar surface area (TPSA) is 75.3 Å². The first-order valence-corrected chi connectivity index (χ1v) is 10.7. The van der Waals surface area contributed by atoms with E-state index in [-0.39, 0.29) is 10.8 Å². The van der Waals surface area contributed by atoms with Crippen molar-refractivity contribution in [2.45, 2.75) is 32.6 Å². The number of anilines is 2. The molecule has 5 nitrogen and oxygen atoms in total. The van der Waals surface area contributed by atoms with Crippen LogP contribution in [0.3, 0.4) is 0 Å². The van der Waals surface area contributed by atoms with Crippen LogP contribution in [0.5, 0.6) is 0 Å². The normalized spacial score (nSPS) is 11.2. The molecule has 0 aliphatic rings. The fourth-order valence-corrected chi connectivity index (χ4v) is 4.00. The number of sulfonamides is 1. The van der Waals surface area contributed by atoms with E-state index in [9.17, 15) is 13.2 Å². The van der Waals surface area contributed by atoms with Crippen LogP contribution in [0, 0.1) is 27.7 Å². The third kappa shape index (κ3) is 4.66. The van der Waals surface area contributed by atoms with Crippen molar-refractivity contribution in [2.75, 3.05) is 10.0 Å². The zero-order valence-electron chi connectivity index (χ0n) is 16.9. The molecular formula is C23H24N2O3S. The second-order valence-electron chi connectivity index (χ2n) is 7.15. The first-order valence-electron chi connectivity index (χ1n) is 9.25. The van der Waals surface area contributed by atoms with Crippen molar-refractivity contribution in [1.29, 1.82) is 0 Å². The molecule has 0 saturated carbocycles. The quantitative estimate of drug-likeness (QED) is 0.626. The van der Waals surface area contributed by atoms with Crippen LogP contribution in [-0.2, 0) is 10.0 Å². The smallest absolute Gasteiger partial charge is 0.261 e. The second-order valence-corrected chi connectivity index (χ2v) is 8.83. The molecule has 0 fully saturated rings. The molecule has 0 spiro atoms. The summed E-state index contributed by atoms with van der Waals surface area (Å²) < 4.78 is 28.0. The Balaban J connectivity index is 1.87. The van der Waals surface area contributed by atoms with E-state index in [1.165, 1.54) is 0 Å². The van der Waals surface area contributed by atoms with Gasteiger partial charge < -0.3 is 5.32 Å². The Morgan fingerprint density at radius 2 is 1.48 bits per heavy atom. The van der Waals surface area contributed by atoms with Gasteiger partial charge in [-0.25, -0.2) is 8.42 Å². The Bertz CT molecular complexity index is 1170. The molecule has 3 aromatic rings. The molecule has 0 bridgehead atoms. The van der Waals surface area contributed by atoms with Gasteiger partial charge in [0.2, 0.25) is 0 Å². The Labute approximate surface area is 171 Å². The minimum atomic E-state index is -3.75. The Morgan fingerprint density at radius 1 is 0.793 bits per heavy atom. The molecule has 0 aromatic heterocycles. The van der Waals surface area contributed by atoms with E-state index in [1.807, 2.05) is 39.0 Å². The number of nitrogens with one attached hydrogen (secondary N) is 2. The molecule has 0 radical (unpaired) electrons. The predicted octanol–water partition coefficient (Wildman–Crippen LogP) is 4.97. The summed E-state index contributed by atoms with van der Waals surface area (Å²) in [5, 5.41) is 2.90. The molecule has 0 atom stereocenters. The fourth-order valence-electron chi connectivity index (χ4n) is 2.88. The molecule has 2 N–H and O–H groups in total. The number of rotatable bonds is 5. The summed E-state index contributed by atoms with van der Waals surface area (Å²) in [4.78, 5) is 12.9. The van der Waals surface area contributed by atoms with Crippen molar-refractivity contribution in [3.63, 3.8) is 0 Å². The molecule has 0 aliphatic carbocycles. The number of hydrogen-bond acceptors (Lipinski definition) is 3. The van der Waals surface area contributed by atoms with Gasteiger partial charge in [-0.1, -0.05) is 35.9 Å². The van der Waals surface area contributed by atoms with Crippen LogP contribution in [0.25, 0.3) is 0 Å². The van der Waals surface area contributed by atoms with Gasteiger partial charge in [0.25, 0.3) is 15.9 Å². The van der Waals surface area contributed by atoms with Gasteiger partial charge in [0.05, 0.1) is 10.6 Å². The minimum Gasteiger partial charge on any atom is -0.322 e. The van der Waals surface area contributed by atoms with Crippen LogP contribution in [0.1, 0.15) is 32.6 Å². The molecule has 150 valence electrons. The van der Waals surface area contributed by atoms with Gasteiger partial charge in [0, 0.05) is 11.3 Å². The summed E-state index contributed by atoms with van der Waals surface area (Å²) in [6.45, 7) is 7.61. The lowest BCUT2D eigenvalue weighted by Crippen LogP contribution is -2.16. The van der Waals surface area contributed by atoms with Crippen LogP contribution in [0.2, 0.25) is 0 Å². The van der Waals surface area contributed by atoms with E-state index in [1.54, 1.807) is 49.4 Å². The maximum atomic E-state index is 12.7. The minimum absolute atomic E-state index is 0.174. The first-order chi connectivity index (χ1) is 13.7. The predicted molar refractivity (Wildman–Crippen MR) is 117 cm³/mol. The van der Waals surface area contributed by atoms with Gasteiger partial charge in [0.1, 0.15) is 0 Å². The summed E-state index contributed by atoms with van der Waals surface area (Å²) in [7, 11) is -3.75. The molecule has 0 heterocycles. The van der Waals surface area contributed by atoms with E-state index in [0.717, 1.165) is 27.9 Å². The van der Waals surface area contributed by atoms with Crippen molar-refractivity contribution < 1.29 is 13.2 Å². The average Bonchev–Trinajstić information content (AvgIpc) is 2.67.